The number of aromatic nitrogens is 1. The minimum absolute atomic E-state index is 0.604. The normalized spacial score (nSPS) is 12.6. The zero-order valence-electron chi connectivity index (χ0n) is 20.0. The van der Waals surface area contributed by atoms with E-state index in [1.54, 1.807) is 0 Å². The van der Waals surface area contributed by atoms with E-state index in [9.17, 15) is 0 Å². The number of fused-ring (bicyclic) bond motifs is 3. The molecule has 0 atom stereocenters. The van der Waals surface area contributed by atoms with Crippen LogP contribution in [0.1, 0.15) is 25.0 Å². The van der Waals surface area contributed by atoms with Crippen LogP contribution in [0.5, 0.6) is 0 Å². The van der Waals surface area contributed by atoms with Crippen LogP contribution in [0.3, 0.4) is 0 Å². The molecule has 0 fully saturated rings. The minimum atomic E-state index is -1.61. The van der Waals surface area contributed by atoms with Gasteiger partial charge in [-0.15, -0.1) is 0 Å². The third kappa shape index (κ3) is 3.92. The Balaban J connectivity index is 1.44. The van der Waals surface area contributed by atoms with Gasteiger partial charge in [-0.05, 0) is 65.4 Å². The number of nitrogens with zero attached hydrogens (tertiary/aromatic N) is 1. The van der Waals surface area contributed by atoms with Crippen molar-refractivity contribution in [3.8, 4) is 11.3 Å². The fraction of sp³-hybridized carbons (Fsp3) is 0.0645. The van der Waals surface area contributed by atoms with Gasteiger partial charge < -0.3 is 4.42 Å². The van der Waals surface area contributed by atoms with Crippen LogP contribution in [0.4, 0.5) is 0 Å². The van der Waals surface area contributed by atoms with E-state index in [4.69, 9.17) is 7.16 Å². The molecule has 2 heterocycles. The average Bonchev–Trinajstić information content (AvgIpc) is 3.28. The first-order chi connectivity index (χ1) is 17.1. The Labute approximate surface area is 196 Å². The van der Waals surface area contributed by atoms with Gasteiger partial charge in [-0.1, -0.05) is 78.9 Å². The first kappa shape index (κ1) is 17.4. The summed E-state index contributed by atoms with van der Waals surface area (Å²) in [7, 11) is 0. The first-order valence-electron chi connectivity index (χ1n) is 12.1. The summed E-state index contributed by atoms with van der Waals surface area (Å²) in [6.07, 6.45) is 1.08. The molecule has 0 aliphatic rings. The smallest absolute Gasteiger partial charge is 0.144 e. The van der Waals surface area contributed by atoms with E-state index in [1.165, 1.54) is 11.1 Å². The Morgan fingerprint density at radius 1 is 0.636 bits per heavy atom. The Morgan fingerprint density at radius 3 is 2.24 bits per heavy atom. The molecule has 2 heteroatoms. The van der Waals surface area contributed by atoms with Crippen LogP contribution in [0.2, 0.25) is 0 Å². The molecule has 0 aliphatic carbocycles. The number of hydrogen-bond acceptors (Lipinski definition) is 2. The number of rotatable bonds is 5. The highest BCUT2D eigenvalue weighted by molar-refractivity contribution is 6.09. The number of furan rings is 1. The van der Waals surface area contributed by atoms with Gasteiger partial charge >= 0.3 is 0 Å². The second-order valence-electron chi connectivity index (χ2n) is 8.20. The zero-order chi connectivity index (χ0) is 23.8. The standard InChI is InChI=1S/C31H23NO/c1-3-8-22(9-4-1)18-24-14-15-30-28(20-24)26-12-7-13-27(31(26)33-30)29-21-25(16-17-32-29)19-23-10-5-2-6-11-23/h1-17,20-21H,18-19H2/i18D2. The van der Waals surface area contributed by atoms with E-state index in [0.717, 1.165) is 39.6 Å². The molecule has 2 aromatic heterocycles. The van der Waals surface area contributed by atoms with Gasteiger partial charge in [0.15, 0.2) is 0 Å². The topological polar surface area (TPSA) is 26.0 Å². The van der Waals surface area contributed by atoms with Crippen molar-refractivity contribution in [1.82, 2.24) is 4.98 Å². The van der Waals surface area contributed by atoms with E-state index in [-0.39, 0.29) is 0 Å². The molecule has 4 aromatic carbocycles. The van der Waals surface area contributed by atoms with Gasteiger partial charge in [-0.25, -0.2) is 0 Å². The molecule has 0 N–H and O–H groups in total. The highest BCUT2D eigenvalue weighted by atomic mass is 16.3. The van der Waals surface area contributed by atoms with Crippen LogP contribution in [0, 0.1) is 0 Å². The van der Waals surface area contributed by atoms with Gasteiger partial charge in [0.05, 0.1) is 5.69 Å². The van der Waals surface area contributed by atoms with E-state index in [0.29, 0.717) is 11.1 Å². The highest BCUT2D eigenvalue weighted by Crippen LogP contribution is 2.36. The SMILES string of the molecule is [2H]C([2H])(c1ccccc1)c1ccc2oc3c(-c4cc(Cc5ccccc5)ccn4)cccc3c2c1. The van der Waals surface area contributed by atoms with Crippen LogP contribution in [0.15, 0.2) is 120 Å². The molecular formula is C31H23NO. The molecule has 33 heavy (non-hydrogen) atoms. The third-order valence-electron chi connectivity index (χ3n) is 5.91. The van der Waals surface area contributed by atoms with Crippen molar-refractivity contribution >= 4 is 21.9 Å². The molecule has 0 saturated carbocycles. The van der Waals surface area contributed by atoms with E-state index in [2.05, 4.69) is 35.3 Å². The van der Waals surface area contributed by atoms with Crippen LogP contribution in [-0.2, 0) is 12.8 Å². The van der Waals surface area contributed by atoms with Crippen molar-refractivity contribution in [3.63, 3.8) is 0 Å². The van der Waals surface area contributed by atoms with Crippen LogP contribution >= 0.6 is 0 Å². The maximum absolute atomic E-state index is 8.76. The Bertz CT molecular complexity index is 1640. The molecule has 0 spiro atoms. The van der Waals surface area contributed by atoms with Crippen molar-refractivity contribution in [1.29, 1.82) is 0 Å². The average molecular weight is 428 g/mol. The van der Waals surface area contributed by atoms with E-state index in [1.807, 2.05) is 85.1 Å². The minimum Gasteiger partial charge on any atom is -0.455 e. The van der Waals surface area contributed by atoms with Gasteiger partial charge in [0, 0.05) is 25.3 Å². The fourth-order valence-electron chi connectivity index (χ4n) is 4.33. The van der Waals surface area contributed by atoms with E-state index >= 15 is 0 Å². The summed E-state index contributed by atoms with van der Waals surface area (Å²) >= 11 is 0. The van der Waals surface area contributed by atoms with Gasteiger partial charge in [-0.2, -0.15) is 0 Å². The quantitative estimate of drug-likeness (QED) is 0.280. The summed E-state index contributed by atoms with van der Waals surface area (Å²) in [4.78, 5) is 4.65. The molecule has 0 radical (unpaired) electrons. The number of pyridine rings is 1. The second kappa shape index (κ2) is 8.40. The van der Waals surface area contributed by atoms with Crippen LogP contribution in [0.25, 0.3) is 33.2 Å². The molecule has 158 valence electrons. The monoisotopic (exact) mass is 427 g/mol. The predicted octanol–water partition coefficient (Wildman–Crippen LogP) is 7.83. The summed E-state index contributed by atoms with van der Waals surface area (Å²) in [5, 5.41) is 1.86. The van der Waals surface area contributed by atoms with Crippen molar-refractivity contribution in [2.24, 2.45) is 0 Å². The fourth-order valence-corrected chi connectivity index (χ4v) is 4.33. The summed E-state index contributed by atoms with van der Waals surface area (Å²) in [5.41, 5.74) is 6.98. The molecule has 6 rings (SSSR count). The molecule has 0 amide bonds. The molecule has 0 aliphatic heterocycles. The lowest BCUT2D eigenvalue weighted by molar-refractivity contribution is 0.669. The first-order valence-corrected chi connectivity index (χ1v) is 11.1. The van der Waals surface area contributed by atoms with Gasteiger partial charge in [0.1, 0.15) is 11.2 Å². The molecule has 0 bridgehead atoms. The van der Waals surface area contributed by atoms with Gasteiger partial charge in [0.2, 0.25) is 0 Å². The molecule has 0 unspecified atom stereocenters. The second-order valence-corrected chi connectivity index (χ2v) is 8.20. The lowest BCUT2D eigenvalue weighted by Crippen LogP contribution is -1.91. The van der Waals surface area contributed by atoms with Crippen molar-refractivity contribution < 1.29 is 7.16 Å². The van der Waals surface area contributed by atoms with E-state index < -0.39 is 6.37 Å². The zero-order valence-corrected chi connectivity index (χ0v) is 18.0. The molecule has 6 aromatic rings. The summed E-state index contributed by atoms with van der Waals surface area (Å²) in [6, 6.07) is 35.5. The molecule has 0 saturated heterocycles. The summed E-state index contributed by atoms with van der Waals surface area (Å²) in [5.74, 6) is 0. The largest absolute Gasteiger partial charge is 0.455 e. The van der Waals surface area contributed by atoms with Crippen LogP contribution < -0.4 is 0 Å². The number of hydrogen-bond donors (Lipinski definition) is 0. The number of para-hydroxylation sites is 1. The maximum Gasteiger partial charge on any atom is 0.144 e. The Morgan fingerprint density at radius 2 is 1.42 bits per heavy atom. The lowest BCUT2D eigenvalue weighted by Gasteiger charge is -2.06. The molecular weight excluding hydrogens is 402 g/mol. The Kier molecular flexibility index (Phi) is 4.43. The molecule has 2 nitrogen and oxygen atoms in total. The maximum atomic E-state index is 8.76. The van der Waals surface area contributed by atoms with Crippen molar-refractivity contribution in [3.05, 3.63) is 138 Å². The Hall–Kier alpha value is -4.17. The highest BCUT2D eigenvalue weighted by Gasteiger charge is 2.14. The predicted molar refractivity (Wildman–Crippen MR) is 135 cm³/mol. The third-order valence-corrected chi connectivity index (χ3v) is 5.91. The van der Waals surface area contributed by atoms with Crippen molar-refractivity contribution in [2.45, 2.75) is 12.8 Å². The summed E-state index contributed by atoms with van der Waals surface area (Å²) < 4.78 is 23.8. The van der Waals surface area contributed by atoms with Crippen molar-refractivity contribution in [2.75, 3.05) is 0 Å². The van der Waals surface area contributed by atoms with Gasteiger partial charge in [-0.3, -0.25) is 4.98 Å². The van der Waals surface area contributed by atoms with Crippen LogP contribution in [-0.4, -0.2) is 4.98 Å². The summed E-state index contributed by atoms with van der Waals surface area (Å²) in [6.45, 7) is 0. The lowest BCUT2D eigenvalue weighted by atomic mass is 10.0. The number of benzene rings is 4. The van der Waals surface area contributed by atoms with Gasteiger partial charge in [0.25, 0.3) is 0 Å².